The summed E-state index contributed by atoms with van der Waals surface area (Å²) in [6, 6.07) is 8.10. The Kier molecular flexibility index (Phi) is 3.78. The molecule has 4 rings (SSSR count). The summed E-state index contributed by atoms with van der Waals surface area (Å²) in [6.07, 6.45) is 3.43. The summed E-state index contributed by atoms with van der Waals surface area (Å²) in [6.45, 7) is 0.997. The van der Waals surface area contributed by atoms with Crippen molar-refractivity contribution in [1.29, 1.82) is 0 Å². The van der Waals surface area contributed by atoms with Crippen LogP contribution in [0.2, 0.25) is 0 Å². The number of hydrogen-bond donors (Lipinski definition) is 4. The van der Waals surface area contributed by atoms with Crippen LogP contribution in [-0.4, -0.2) is 27.6 Å². The number of hydrogen-bond acceptors (Lipinski definition) is 3. The van der Waals surface area contributed by atoms with Gasteiger partial charge in [0.05, 0.1) is 5.69 Å². The van der Waals surface area contributed by atoms with Gasteiger partial charge in [0.2, 0.25) is 0 Å². The number of benzene rings is 1. The predicted molar refractivity (Wildman–Crippen MR) is 89.4 cm³/mol. The largest absolute Gasteiger partial charge is 0.351 e. The fourth-order valence-electron chi connectivity index (χ4n) is 3.11. The first-order valence-corrected chi connectivity index (χ1v) is 8.07. The highest BCUT2D eigenvalue weighted by molar-refractivity contribution is 6.05. The molecule has 1 saturated heterocycles. The lowest BCUT2D eigenvalue weighted by Crippen LogP contribution is -2.26. The Balaban J connectivity index is 1.49. The number of aromatic amines is 2. The molecule has 6 nitrogen and oxygen atoms in total. The molecule has 7 heteroatoms. The van der Waals surface area contributed by atoms with E-state index < -0.39 is 0 Å². The molecule has 1 fully saturated rings. The van der Waals surface area contributed by atoms with E-state index in [0.29, 0.717) is 16.9 Å². The highest BCUT2D eigenvalue weighted by Crippen LogP contribution is 2.23. The minimum absolute atomic E-state index is 0.257. The van der Waals surface area contributed by atoms with Gasteiger partial charge < -0.3 is 15.6 Å². The average Bonchev–Trinajstić information content (AvgIpc) is 3.22. The first-order chi connectivity index (χ1) is 11.7. The quantitative estimate of drug-likeness (QED) is 0.596. The van der Waals surface area contributed by atoms with Crippen molar-refractivity contribution in [3.63, 3.8) is 0 Å². The maximum Gasteiger partial charge on any atom is 0.273 e. The van der Waals surface area contributed by atoms with E-state index in [0.717, 1.165) is 24.2 Å². The van der Waals surface area contributed by atoms with Crippen LogP contribution in [0.1, 0.15) is 41.5 Å². The zero-order valence-electron chi connectivity index (χ0n) is 13.0. The van der Waals surface area contributed by atoms with Crippen LogP contribution in [0.4, 0.5) is 10.2 Å². The molecule has 3 heterocycles. The number of carbonyl (C=O) groups is 1. The molecule has 0 saturated carbocycles. The number of anilines is 1. The number of amides is 1. The van der Waals surface area contributed by atoms with Gasteiger partial charge in [-0.2, -0.15) is 5.10 Å². The Morgan fingerprint density at radius 1 is 1.25 bits per heavy atom. The molecule has 0 radical (unpaired) electrons. The molecule has 24 heavy (non-hydrogen) atoms. The van der Waals surface area contributed by atoms with E-state index >= 15 is 0 Å². The van der Waals surface area contributed by atoms with Crippen LogP contribution >= 0.6 is 0 Å². The number of piperidine rings is 1. The Morgan fingerprint density at radius 2 is 2.17 bits per heavy atom. The lowest BCUT2D eigenvalue weighted by molar-refractivity contribution is 0.102. The van der Waals surface area contributed by atoms with E-state index in [1.807, 2.05) is 6.07 Å². The summed E-state index contributed by atoms with van der Waals surface area (Å²) in [5.41, 5.74) is 2.07. The van der Waals surface area contributed by atoms with Gasteiger partial charge in [-0.3, -0.25) is 9.89 Å². The van der Waals surface area contributed by atoms with Gasteiger partial charge in [0, 0.05) is 23.0 Å². The van der Waals surface area contributed by atoms with Crippen molar-refractivity contribution in [3.8, 4) is 0 Å². The second-order valence-electron chi connectivity index (χ2n) is 6.08. The lowest BCUT2D eigenvalue weighted by Gasteiger charge is -2.21. The molecule has 1 aromatic carbocycles. The molecular weight excluding hydrogens is 309 g/mol. The molecule has 4 N–H and O–H groups in total. The van der Waals surface area contributed by atoms with Crippen LogP contribution in [0.3, 0.4) is 0 Å². The van der Waals surface area contributed by atoms with Crippen LogP contribution in [0.15, 0.2) is 30.3 Å². The fourth-order valence-corrected chi connectivity index (χ4v) is 3.11. The highest BCUT2D eigenvalue weighted by atomic mass is 19.1. The Hall–Kier alpha value is -2.67. The number of halogens is 1. The number of aromatic nitrogens is 3. The summed E-state index contributed by atoms with van der Waals surface area (Å²) < 4.78 is 13.2. The second-order valence-corrected chi connectivity index (χ2v) is 6.08. The van der Waals surface area contributed by atoms with Crippen molar-refractivity contribution in [2.45, 2.75) is 25.3 Å². The molecule has 1 aliphatic heterocycles. The molecular formula is C17H18FN5O. The summed E-state index contributed by atoms with van der Waals surface area (Å²) in [5.74, 6) is -0.154. The monoisotopic (exact) mass is 327 g/mol. The minimum Gasteiger partial charge on any atom is -0.351 e. The summed E-state index contributed by atoms with van der Waals surface area (Å²) in [4.78, 5) is 15.3. The molecule has 0 bridgehead atoms. The van der Waals surface area contributed by atoms with E-state index in [2.05, 4.69) is 25.8 Å². The molecule has 3 aromatic rings. The first kappa shape index (κ1) is 14.9. The van der Waals surface area contributed by atoms with E-state index in [9.17, 15) is 9.18 Å². The second kappa shape index (κ2) is 6.09. The lowest BCUT2D eigenvalue weighted by atomic mass is 10.0. The Morgan fingerprint density at radius 3 is 3.00 bits per heavy atom. The van der Waals surface area contributed by atoms with Crippen LogP contribution in [0.5, 0.6) is 0 Å². The van der Waals surface area contributed by atoms with Crippen LogP contribution < -0.4 is 10.6 Å². The maximum absolute atomic E-state index is 13.2. The van der Waals surface area contributed by atoms with Crippen molar-refractivity contribution in [2.24, 2.45) is 0 Å². The van der Waals surface area contributed by atoms with Crippen molar-refractivity contribution in [2.75, 3.05) is 11.9 Å². The summed E-state index contributed by atoms with van der Waals surface area (Å²) in [5, 5.41) is 14.0. The molecule has 1 unspecified atom stereocenters. The SMILES string of the molecule is O=C(Nc1cc(C2CCCCN2)[nH]n1)c1cc2cc(F)ccc2[nH]1. The van der Waals surface area contributed by atoms with Crippen LogP contribution in [0.25, 0.3) is 10.9 Å². The van der Waals surface area contributed by atoms with Gasteiger partial charge in [0.1, 0.15) is 11.5 Å². The van der Waals surface area contributed by atoms with Gasteiger partial charge in [0.15, 0.2) is 5.82 Å². The van der Waals surface area contributed by atoms with Gasteiger partial charge in [-0.1, -0.05) is 6.42 Å². The van der Waals surface area contributed by atoms with Gasteiger partial charge >= 0.3 is 0 Å². The van der Waals surface area contributed by atoms with E-state index in [4.69, 9.17) is 0 Å². The van der Waals surface area contributed by atoms with E-state index in [1.54, 1.807) is 12.1 Å². The van der Waals surface area contributed by atoms with Gasteiger partial charge in [0.25, 0.3) is 5.91 Å². The number of nitrogens with zero attached hydrogens (tertiary/aromatic N) is 1. The van der Waals surface area contributed by atoms with Gasteiger partial charge in [-0.15, -0.1) is 0 Å². The van der Waals surface area contributed by atoms with E-state index in [1.165, 1.54) is 25.0 Å². The van der Waals surface area contributed by atoms with Crippen molar-refractivity contribution >= 4 is 22.6 Å². The number of rotatable bonds is 3. The van der Waals surface area contributed by atoms with Crippen molar-refractivity contribution < 1.29 is 9.18 Å². The molecule has 2 aromatic heterocycles. The number of H-pyrrole nitrogens is 2. The fraction of sp³-hybridized carbons (Fsp3) is 0.294. The number of carbonyl (C=O) groups excluding carboxylic acids is 1. The summed E-state index contributed by atoms with van der Waals surface area (Å²) in [7, 11) is 0. The zero-order valence-corrected chi connectivity index (χ0v) is 13.0. The van der Waals surface area contributed by atoms with Crippen molar-refractivity contribution in [3.05, 3.63) is 47.5 Å². The molecule has 1 aliphatic rings. The smallest absolute Gasteiger partial charge is 0.273 e. The molecule has 1 atom stereocenters. The normalized spacial score (nSPS) is 18.0. The minimum atomic E-state index is -0.328. The summed E-state index contributed by atoms with van der Waals surface area (Å²) >= 11 is 0. The van der Waals surface area contributed by atoms with Gasteiger partial charge in [-0.05, 0) is 43.7 Å². The van der Waals surface area contributed by atoms with Gasteiger partial charge in [-0.25, -0.2) is 4.39 Å². The maximum atomic E-state index is 13.2. The highest BCUT2D eigenvalue weighted by Gasteiger charge is 2.18. The van der Waals surface area contributed by atoms with Crippen LogP contribution in [-0.2, 0) is 0 Å². The molecule has 1 amide bonds. The third kappa shape index (κ3) is 2.90. The molecule has 0 aliphatic carbocycles. The number of nitrogens with one attached hydrogen (secondary N) is 4. The van der Waals surface area contributed by atoms with Crippen molar-refractivity contribution in [1.82, 2.24) is 20.5 Å². The Bertz CT molecular complexity index is 878. The Labute approximate surface area is 137 Å². The molecule has 0 spiro atoms. The standard InChI is InChI=1S/C17H18FN5O/c18-11-4-5-12-10(7-11)8-15(20-12)17(24)21-16-9-14(22-23-16)13-3-1-2-6-19-13/h4-5,7-9,13,19-20H,1-3,6H2,(H2,21,22,23,24). The predicted octanol–water partition coefficient (Wildman–Crippen LogP) is 3.10. The van der Waals surface area contributed by atoms with E-state index in [-0.39, 0.29) is 17.8 Å². The third-order valence-electron chi connectivity index (χ3n) is 4.35. The zero-order chi connectivity index (χ0) is 16.5. The first-order valence-electron chi connectivity index (χ1n) is 8.07. The van der Waals surface area contributed by atoms with Crippen LogP contribution in [0, 0.1) is 5.82 Å². The average molecular weight is 327 g/mol. The third-order valence-corrected chi connectivity index (χ3v) is 4.35. The topological polar surface area (TPSA) is 85.6 Å². The number of fused-ring (bicyclic) bond motifs is 1. The molecule has 124 valence electrons.